The number of carbonyl (C=O) groups is 3. The largest absolute Gasteiger partial charge is 0.488 e. The highest BCUT2D eigenvalue weighted by Crippen LogP contribution is 2.35. The lowest BCUT2D eigenvalue weighted by Crippen LogP contribution is -2.41. The standard InChI is InChI=1S/C28H28N6O4/c1-32-26-21(25(31-32)22-10-11-24(35)30-27(22)36)4-2-5-23(26)38-20-12-16-33(17-13-20)28(37)18-6-8-19(9-7-18)34-15-3-14-29-34/h2-9,14-15,20,22H,10-13,16-17H2,1H3,(H,30,35,36). The average Bonchev–Trinajstić information content (AvgIpc) is 3.58. The van der Waals surface area contributed by atoms with Gasteiger partial charge < -0.3 is 9.64 Å². The Labute approximate surface area is 219 Å². The second-order valence-electron chi connectivity index (χ2n) is 9.77. The first kappa shape index (κ1) is 23.9. The zero-order valence-electron chi connectivity index (χ0n) is 21.0. The van der Waals surface area contributed by atoms with Crippen molar-refractivity contribution in [2.24, 2.45) is 7.05 Å². The molecule has 2 saturated heterocycles. The molecule has 0 radical (unpaired) electrons. The van der Waals surface area contributed by atoms with Gasteiger partial charge in [0.05, 0.1) is 17.3 Å². The fraction of sp³-hybridized carbons (Fsp3) is 0.321. The highest BCUT2D eigenvalue weighted by molar-refractivity contribution is 6.03. The molecule has 0 aliphatic carbocycles. The molecular formula is C28H28N6O4. The quantitative estimate of drug-likeness (QED) is 0.412. The van der Waals surface area contributed by atoms with Gasteiger partial charge in [0.2, 0.25) is 11.8 Å². The molecule has 2 aliphatic rings. The van der Waals surface area contributed by atoms with E-state index in [1.165, 1.54) is 0 Å². The fourth-order valence-electron chi connectivity index (χ4n) is 5.35. The molecule has 3 amide bonds. The molecule has 4 aromatic rings. The summed E-state index contributed by atoms with van der Waals surface area (Å²) in [6.07, 6.45) is 5.72. The van der Waals surface area contributed by atoms with E-state index in [2.05, 4.69) is 15.5 Å². The fourth-order valence-corrected chi connectivity index (χ4v) is 5.35. The van der Waals surface area contributed by atoms with Crippen LogP contribution >= 0.6 is 0 Å². The lowest BCUT2D eigenvalue weighted by molar-refractivity contribution is -0.134. The maximum absolute atomic E-state index is 13.1. The van der Waals surface area contributed by atoms with Crippen LogP contribution in [-0.2, 0) is 16.6 Å². The number of para-hydroxylation sites is 1. The number of likely N-dealkylation sites (tertiary alicyclic amines) is 1. The molecule has 2 fully saturated rings. The molecule has 2 aliphatic heterocycles. The predicted molar refractivity (Wildman–Crippen MR) is 139 cm³/mol. The number of ether oxygens (including phenoxy) is 1. The summed E-state index contributed by atoms with van der Waals surface area (Å²) in [4.78, 5) is 39.0. The van der Waals surface area contributed by atoms with Gasteiger partial charge in [0.15, 0.2) is 0 Å². The molecule has 0 saturated carbocycles. The number of carbonyl (C=O) groups excluding carboxylic acids is 3. The van der Waals surface area contributed by atoms with E-state index in [0.29, 0.717) is 55.8 Å². The maximum Gasteiger partial charge on any atom is 0.253 e. The summed E-state index contributed by atoms with van der Waals surface area (Å²) in [6, 6.07) is 15.1. The molecule has 10 heteroatoms. The Bertz CT molecular complexity index is 1500. The first-order valence-electron chi connectivity index (χ1n) is 12.8. The number of hydrogen-bond acceptors (Lipinski definition) is 6. The Morgan fingerprint density at radius 2 is 1.82 bits per heavy atom. The number of fused-ring (bicyclic) bond motifs is 1. The van der Waals surface area contributed by atoms with E-state index in [1.54, 1.807) is 15.6 Å². The third kappa shape index (κ3) is 4.42. The van der Waals surface area contributed by atoms with Gasteiger partial charge in [0.1, 0.15) is 17.4 Å². The van der Waals surface area contributed by atoms with Gasteiger partial charge in [0.25, 0.3) is 5.91 Å². The molecule has 38 heavy (non-hydrogen) atoms. The van der Waals surface area contributed by atoms with Crippen LogP contribution in [0.3, 0.4) is 0 Å². The summed E-state index contributed by atoms with van der Waals surface area (Å²) in [5, 5.41) is 12.1. The van der Waals surface area contributed by atoms with E-state index < -0.39 is 5.92 Å². The van der Waals surface area contributed by atoms with Gasteiger partial charge in [0, 0.05) is 62.7 Å². The van der Waals surface area contributed by atoms with Gasteiger partial charge in [-0.15, -0.1) is 0 Å². The highest BCUT2D eigenvalue weighted by atomic mass is 16.5. The Kier molecular flexibility index (Phi) is 6.15. The number of hydrogen-bond donors (Lipinski definition) is 1. The normalized spacial score (nSPS) is 18.6. The number of nitrogens with zero attached hydrogens (tertiary/aromatic N) is 5. The highest BCUT2D eigenvalue weighted by Gasteiger charge is 2.32. The molecule has 2 aromatic carbocycles. The second kappa shape index (κ2) is 9.77. The van der Waals surface area contributed by atoms with Gasteiger partial charge in [-0.1, -0.05) is 12.1 Å². The predicted octanol–water partition coefficient (Wildman–Crippen LogP) is 2.96. The lowest BCUT2D eigenvalue weighted by Gasteiger charge is -2.32. The maximum atomic E-state index is 13.1. The van der Waals surface area contributed by atoms with E-state index in [-0.39, 0.29) is 23.8 Å². The second-order valence-corrected chi connectivity index (χ2v) is 9.77. The Hall–Kier alpha value is -4.47. The summed E-state index contributed by atoms with van der Waals surface area (Å²) in [7, 11) is 1.84. The third-order valence-electron chi connectivity index (χ3n) is 7.33. The first-order valence-corrected chi connectivity index (χ1v) is 12.8. The first-order chi connectivity index (χ1) is 18.5. The van der Waals surface area contributed by atoms with Crippen LogP contribution in [0.25, 0.3) is 16.6 Å². The van der Waals surface area contributed by atoms with Crippen molar-refractivity contribution in [3.63, 3.8) is 0 Å². The monoisotopic (exact) mass is 512 g/mol. The lowest BCUT2D eigenvalue weighted by atomic mass is 9.93. The summed E-state index contributed by atoms with van der Waals surface area (Å²) in [5.41, 5.74) is 3.05. The van der Waals surface area contributed by atoms with E-state index >= 15 is 0 Å². The number of benzene rings is 2. The van der Waals surface area contributed by atoms with Crippen molar-refractivity contribution in [1.29, 1.82) is 0 Å². The van der Waals surface area contributed by atoms with E-state index in [1.807, 2.05) is 66.7 Å². The minimum atomic E-state index is -0.463. The number of aryl methyl sites for hydroxylation is 1. The van der Waals surface area contributed by atoms with Crippen LogP contribution in [0.5, 0.6) is 5.75 Å². The summed E-state index contributed by atoms with van der Waals surface area (Å²) in [6.45, 7) is 1.21. The zero-order valence-corrected chi connectivity index (χ0v) is 21.0. The molecule has 1 N–H and O–H groups in total. The van der Waals surface area contributed by atoms with Crippen molar-refractivity contribution < 1.29 is 19.1 Å². The molecule has 6 rings (SSSR count). The smallest absolute Gasteiger partial charge is 0.253 e. The molecule has 4 heterocycles. The molecule has 1 atom stereocenters. The van der Waals surface area contributed by atoms with Gasteiger partial charge in [-0.25, -0.2) is 4.68 Å². The minimum absolute atomic E-state index is 0.0121. The topological polar surface area (TPSA) is 111 Å². The van der Waals surface area contributed by atoms with Gasteiger partial charge >= 0.3 is 0 Å². The molecule has 0 bridgehead atoms. The van der Waals surface area contributed by atoms with Crippen LogP contribution in [-0.4, -0.2) is 61.4 Å². The van der Waals surface area contributed by atoms with Crippen molar-refractivity contribution in [1.82, 2.24) is 29.8 Å². The van der Waals surface area contributed by atoms with E-state index in [4.69, 9.17) is 4.74 Å². The summed E-state index contributed by atoms with van der Waals surface area (Å²) >= 11 is 0. The van der Waals surface area contributed by atoms with Crippen LogP contribution in [0.1, 0.15) is 47.7 Å². The van der Waals surface area contributed by atoms with Crippen LogP contribution in [0.2, 0.25) is 0 Å². The van der Waals surface area contributed by atoms with Crippen molar-refractivity contribution >= 4 is 28.6 Å². The van der Waals surface area contributed by atoms with Gasteiger partial charge in [-0.05, 0) is 42.8 Å². The molecule has 194 valence electrons. The van der Waals surface area contributed by atoms with Crippen LogP contribution < -0.4 is 10.1 Å². The molecule has 10 nitrogen and oxygen atoms in total. The Morgan fingerprint density at radius 1 is 1.03 bits per heavy atom. The Balaban J connectivity index is 1.12. The zero-order chi connectivity index (χ0) is 26.2. The van der Waals surface area contributed by atoms with Gasteiger partial charge in [-0.3, -0.25) is 24.4 Å². The van der Waals surface area contributed by atoms with Crippen molar-refractivity contribution in [3.8, 4) is 11.4 Å². The van der Waals surface area contributed by atoms with E-state index in [0.717, 1.165) is 16.6 Å². The summed E-state index contributed by atoms with van der Waals surface area (Å²) < 4.78 is 9.92. The number of amides is 3. The molecular weight excluding hydrogens is 484 g/mol. The number of rotatable bonds is 5. The SMILES string of the molecule is Cn1nc(C2CCC(=O)NC2=O)c2cccc(OC3CCN(C(=O)c4ccc(-n5cccn5)cc4)CC3)c21. The van der Waals surface area contributed by atoms with E-state index in [9.17, 15) is 14.4 Å². The minimum Gasteiger partial charge on any atom is -0.488 e. The van der Waals surface area contributed by atoms with Crippen molar-refractivity contribution in [2.75, 3.05) is 13.1 Å². The number of imide groups is 1. The summed E-state index contributed by atoms with van der Waals surface area (Å²) in [5.74, 6) is -0.296. The number of piperidine rings is 2. The Morgan fingerprint density at radius 3 is 2.53 bits per heavy atom. The van der Waals surface area contributed by atoms with Crippen LogP contribution in [0.15, 0.2) is 60.9 Å². The van der Waals surface area contributed by atoms with Crippen LogP contribution in [0.4, 0.5) is 0 Å². The number of aromatic nitrogens is 4. The number of nitrogens with one attached hydrogen (secondary N) is 1. The molecule has 1 unspecified atom stereocenters. The molecule has 0 spiro atoms. The molecule has 2 aromatic heterocycles. The van der Waals surface area contributed by atoms with Crippen molar-refractivity contribution in [3.05, 3.63) is 72.2 Å². The third-order valence-corrected chi connectivity index (χ3v) is 7.33. The van der Waals surface area contributed by atoms with Gasteiger partial charge in [-0.2, -0.15) is 10.2 Å². The van der Waals surface area contributed by atoms with Crippen LogP contribution in [0, 0.1) is 0 Å². The average molecular weight is 513 g/mol. The van der Waals surface area contributed by atoms with Crippen molar-refractivity contribution in [2.45, 2.75) is 37.7 Å².